The molecule has 0 radical (unpaired) electrons. The van der Waals surface area contributed by atoms with Crippen LogP contribution >= 0.6 is 0 Å². The number of carbonyl (C=O) groups excluding carboxylic acids is 1. The molecule has 0 bridgehead atoms. The molecule has 1 amide bonds. The van der Waals surface area contributed by atoms with Crippen molar-refractivity contribution < 1.29 is 4.79 Å². The molecule has 0 saturated carbocycles. The van der Waals surface area contributed by atoms with Gasteiger partial charge in [-0.05, 0) is 32.0 Å². The van der Waals surface area contributed by atoms with Crippen molar-refractivity contribution in [2.45, 2.75) is 13.8 Å². The second-order valence-corrected chi connectivity index (χ2v) is 7.81. The first-order chi connectivity index (χ1) is 15.6. The fraction of sp³-hybridized carbons (Fsp3) is 0.261. The van der Waals surface area contributed by atoms with E-state index in [0.717, 1.165) is 28.7 Å². The van der Waals surface area contributed by atoms with E-state index in [1.165, 1.54) is 0 Å². The van der Waals surface area contributed by atoms with Crippen LogP contribution in [0.25, 0.3) is 11.5 Å². The molecule has 0 atom stereocenters. The molecule has 162 valence electrons. The molecule has 3 aromatic heterocycles. The van der Waals surface area contributed by atoms with E-state index in [9.17, 15) is 4.79 Å². The number of carbonyl (C=O) groups is 1. The summed E-state index contributed by atoms with van der Waals surface area (Å²) in [6.45, 7) is 6.52. The first-order valence-corrected chi connectivity index (χ1v) is 10.6. The number of piperazine rings is 1. The Hall–Kier alpha value is -4.01. The summed E-state index contributed by atoms with van der Waals surface area (Å²) >= 11 is 0. The van der Waals surface area contributed by atoms with Crippen LogP contribution in [0.2, 0.25) is 0 Å². The lowest BCUT2D eigenvalue weighted by atomic mass is 10.2. The Morgan fingerprint density at radius 3 is 2.41 bits per heavy atom. The number of para-hydroxylation sites is 1. The van der Waals surface area contributed by atoms with Gasteiger partial charge in [-0.2, -0.15) is 10.2 Å². The van der Waals surface area contributed by atoms with Crippen molar-refractivity contribution in [3.63, 3.8) is 0 Å². The zero-order valence-electron chi connectivity index (χ0n) is 18.1. The summed E-state index contributed by atoms with van der Waals surface area (Å²) in [4.78, 5) is 26.0. The van der Waals surface area contributed by atoms with Gasteiger partial charge in [-0.15, -0.1) is 0 Å². The van der Waals surface area contributed by atoms with Crippen LogP contribution in [0, 0.1) is 13.8 Å². The zero-order chi connectivity index (χ0) is 22.1. The van der Waals surface area contributed by atoms with E-state index < -0.39 is 0 Å². The smallest absolute Gasteiger partial charge is 0.257 e. The van der Waals surface area contributed by atoms with Crippen LogP contribution in [-0.2, 0) is 0 Å². The number of rotatable bonds is 4. The molecule has 1 saturated heterocycles. The Morgan fingerprint density at radius 2 is 1.69 bits per heavy atom. The molecule has 1 aromatic carbocycles. The number of benzene rings is 1. The number of aromatic nitrogens is 6. The van der Waals surface area contributed by atoms with Crippen LogP contribution in [0.5, 0.6) is 0 Å². The van der Waals surface area contributed by atoms with Crippen molar-refractivity contribution in [2.75, 3.05) is 31.1 Å². The molecule has 4 heterocycles. The zero-order valence-corrected chi connectivity index (χ0v) is 18.1. The molecule has 0 spiro atoms. The Labute approximate surface area is 185 Å². The summed E-state index contributed by atoms with van der Waals surface area (Å²) in [5.41, 5.74) is 3.36. The molecule has 32 heavy (non-hydrogen) atoms. The van der Waals surface area contributed by atoms with Crippen LogP contribution in [0.4, 0.5) is 5.82 Å². The summed E-state index contributed by atoms with van der Waals surface area (Å²) in [5, 5.41) is 8.85. The molecule has 0 N–H and O–H groups in total. The second kappa shape index (κ2) is 8.26. The third-order valence-electron chi connectivity index (χ3n) is 5.73. The fourth-order valence-corrected chi connectivity index (χ4v) is 3.94. The molecule has 1 fully saturated rings. The van der Waals surface area contributed by atoms with E-state index in [1.807, 2.05) is 72.1 Å². The number of hydrogen-bond acceptors (Lipinski definition) is 6. The van der Waals surface area contributed by atoms with Gasteiger partial charge in [-0.1, -0.05) is 18.2 Å². The number of nitrogens with zero attached hydrogens (tertiary/aromatic N) is 8. The van der Waals surface area contributed by atoms with Gasteiger partial charge in [0.25, 0.3) is 5.91 Å². The van der Waals surface area contributed by atoms with Crippen molar-refractivity contribution in [1.82, 2.24) is 34.4 Å². The fourth-order valence-electron chi connectivity index (χ4n) is 3.94. The van der Waals surface area contributed by atoms with Gasteiger partial charge in [0.05, 0.1) is 28.8 Å². The number of aryl methyl sites for hydroxylation is 1. The molecule has 1 aliphatic rings. The highest BCUT2D eigenvalue weighted by Crippen LogP contribution is 2.19. The van der Waals surface area contributed by atoms with Crippen molar-refractivity contribution >= 4 is 11.7 Å². The minimum absolute atomic E-state index is 0.0136. The van der Waals surface area contributed by atoms with Gasteiger partial charge in [0.2, 0.25) is 0 Å². The van der Waals surface area contributed by atoms with Crippen molar-refractivity contribution in [2.24, 2.45) is 0 Å². The summed E-state index contributed by atoms with van der Waals surface area (Å²) in [6, 6.07) is 13.7. The predicted octanol–water partition coefficient (Wildman–Crippen LogP) is 2.43. The third kappa shape index (κ3) is 3.73. The Bertz CT molecular complexity index is 1240. The van der Waals surface area contributed by atoms with Crippen LogP contribution in [-0.4, -0.2) is 66.5 Å². The molecular weight excluding hydrogens is 404 g/mol. The molecule has 9 nitrogen and oxygen atoms in total. The Morgan fingerprint density at radius 1 is 0.938 bits per heavy atom. The highest BCUT2D eigenvalue weighted by Gasteiger charge is 2.26. The molecular formula is C23H24N8O. The van der Waals surface area contributed by atoms with E-state index in [1.54, 1.807) is 17.2 Å². The SMILES string of the molecule is Cc1ccn(-c2cc(N3CCN(C(=O)c4cnn(-c5ccccc5)c4C)CC3)ncn2)n1. The van der Waals surface area contributed by atoms with Gasteiger partial charge in [-0.3, -0.25) is 4.79 Å². The third-order valence-corrected chi connectivity index (χ3v) is 5.73. The first kappa shape index (κ1) is 19.9. The molecule has 9 heteroatoms. The summed E-state index contributed by atoms with van der Waals surface area (Å²) < 4.78 is 3.55. The van der Waals surface area contributed by atoms with E-state index in [-0.39, 0.29) is 5.91 Å². The minimum Gasteiger partial charge on any atom is -0.353 e. The minimum atomic E-state index is 0.0136. The molecule has 1 aliphatic heterocycles. The maximum atomic E-state index is 13.2. The lowest BCUT2D eigenvalue weighted by molar-refractivity contribution is 0.0745. The van der Waals surface area contributed by atoms with E-state index >= 15 is 0 Å². The Kier molecular flexibility index (Phi) is 5.14. The van der Waals surface area contributed by atoms with Gasteiger partial charge >= 0.3 is 0 Å². The second-order valence-electron chi connectivity index (χ2n) is 7.81. The molecule has 0 unspecified atom stereocenters. The predicted molar refractivity (Wildman–Crippen MR) is 120 cm³/mol. The normalized spacial score (nSPS) is 14.1. The molecule has 0 aliphatic carbocycles. The quantitative estimate of drug-likeness (QED) is 0.496. The van der Waals surface area contributed by atoms with Crippen molar-refractivity contribution in [3.05, 3.63) is 78.1 Å². The van der Waals surface area contributed by atoms with E-state index in [2.05, 4.69) is 25.1 Å². The lowest BCUT2D eigenvalue weighted by Gasteiger charge is -2.35. The monoisotopic (exact) mass is 428 g/mol. The maximum Gasteiger partial charge on any atom is 0.257 e. The summed E-state index contributed by atoms with van der Waals surface area (Å²) in [7, 11) is 0. The van der Waals surface area contributed by atoms with Crippen LogP contribution in [0.15, 0.2) is 61.2 Å². The Balaban J connectivity index is 1.27. The highest BCUT2D eigenvalue weighted by molar-refractivity contribution is 5.95. The lowest BCUT2D eigenvalue weighted by Crippen LogP contribution is -2.49. The number of amides is 1. The van der Waals surface area contributed by atoms with Crippen LogP contribution < -0.4 is 4.90 Å². The standard InChI is InChI=1S/C23H24N8O/c1-17-8-9-30(27-17)22-14-21(24-16-25-22)28-10-12-29(13-11-28)23(32)20-15-26-31(18(20)2)19-6-4-3-5-7-19/h3-9,14-16H,10-13H2,1-2H3. The van der Waals surface area contributed by atoms with Gasteiger partial charge in [0.1, 0.15) is 12.1 Å². The molecule has 4 aromatic rings. The first-order valence-electron chi connectivity index (χ1n) is 10.6. The van der Waals surface area contributed by atoms with Gasteiger partial charge in [0.15, 0.2) is 5.82 Å². The average molecular weight is 429 g/mol. The summed E-state index contributed by atoms with van der Waals surface area (Å²) in [6.07, 6.45) is 5.11. The van der Waals surface area contributed by atoms with Crippen LogP contribution in [0.1, 0.15) is 21.7 Å². The number of hydrogen-bond donors (Lipinski definition) is 0. The topological polar surface area (TPSA) is 85.0 Å². The van der Waals surface area contributed by atoms with Crippen LogP contribution in [0.3, 0.4) is 0 Å². The molecule has 5 rings (SSSR count). The largest absolute Gasteiger partial charge is 0.353 e. The van der Waals surface area contributed by atoms with Gasteiger partial charge in [-0.25, -0.2) is 19.3 Å². The average Bonchev–Trinajstić information content (AvgIpc) is 3.45. The van der Waals surface area contributed by atoms with E-state index in [0.29, 0.717) is 31.7 Å². The maximum absolute atomic E-state index is 13.2. The van der Waals surface area contributed by atoms with Gasteiger partial charge < -0.3 is 9.80 Å². The summed E-state index contributed by atoms with van der Waals surface area (Å²) in [5.74, 6) is 1.58. The highest BCUT2D eigenvalue weighted by atomic mass is 16.2. The van der Waals surface area contributed by atoms with Crippen molar-refractivity contribution in [1.29, 1.82) is 0 Å². The van der Waals surface area contributed by atoms with E-state index in [4.69, 9.17) is 0 Å². The van der Waals surface area contributed by atoms with Crippen molar-refractivity contribution in [3.8, 4) is 11.5 Å². The van der Waals surface area contributed by atoms with Gasteiger partial charge in [0, 0.05) is 38.4 Å². The number of anilines is 1.